The van der Waals surface area contributed by atoms with Crippen LogP contribution in [-0.2, 0) is 4.79 Å². The zero-order valence-electron chi connectivity index (χ0n) is 8.01. The monoisotopic (exact) mass is 186 g/mol. The van der Waals surface area contributed by atoms with Crippen LogP contribution in [0, 0.1) is 5.92 Å². The van der Waals surface area contributed by atoms with Gasteiger partial charge in [0.05, 0.1) is 0 Å². The minimum atomic E-state index is 0.0786. The van der Waals surface area contributed by atoms with E-state index in [1.54, 1.807) is 6.08 Å². The molecule has 0 fully saturated rings. The zero-order chi connectivity index (χ0) is 9.40. The maximum absolute atomic E-state index is 11.4. The van der Waals surface area contributed by atoms with E-state index in [4.69, 9.17) is 0 Å². The second-order valence-electron chi connectivity index (χ2n) is 2.74. The normalized spacial score (nSPS) is 12.5. The topological polar surface area (TPSA) is 17.1 Å². The zero-order valence-corrected chi connectivity index (χ0v) is 8.82. The van der Waals surface area contributed by atoms with Crippen molar-refractivity contribution in [1.29, 1.82) is 0 Å². The third-order valence-corrected chi connectivity index (χ3v) is 2.62. The van der Waals surface area contributed by atoms with Crippen molar-refractivity contribution in [1.82, 2.24) is 0 Å². The molecule has 1 atom stereocenters. The van der Waals surface area contributed by atoms with Crippen LogP contribution in [0.3, 0.4) is 0 Å². The van der Waals surface area contributed by atoms with Crippen molar-refractivity contribution in [2.45, 2.75) is 33.1 Å². The van der Waals surface area contributed by atoms with Crippen molar-refractivity contribution >= 4 is 16.9 Å². The molecule has 1 nitrogen and oxygen atoms in total. The Hall–Kier alpha value is -0.240. The highest BCUT2D eigenvalue weighted by molar-refractivity contribution is 8.13. The molecule has 12 heavy (non-hydrogen) atoms. The van der Waals surface area contributed by atoms with Gasteiger partial charge < -0.3 is 0 Å². The molecule has 0 aromatic heterocycles. The first kappa shape index (κ1) is 11.8. The number of hydrogen-bond acceptors (Lipinski definition) is 2. The Bertz CT molecular complexity index is 143. The van der Waals surface area contributed by atoms with Crippen molar-refractivity contribution in [2.75, 3.05) is 5.75 Å². The third-order valence-electron chi connectivity index (χ3n) is 1.74. The molecule has 0 aliphatic rings. The van der Waals surface area contributed by atoms with Gasteiger partial charge in [0.2, 0.25) is 0 Å². The molecule has 0 N–H and O–H groups in total. The van der Waals surface area contributed by atoms with Gasteiger partial charge in [-0.1, -0.05) is 44.5 Å². The lowest BCUT2D eigenvalue weighted by Crippen LogP contribution is -2.07. The predicted molar refractivity (Wildman–Crippen MR) is 56.4 cm³/mol. The molecule has 0 radical (unpaired) electrons. The summed E-state index contributed by atoms with van der Waals surface area (Å²) in [6, 6.07) is 0. The summed E-state index contributed by atoms with van der Waals surface area (Å²) in [6.07, 6.45) is 5.01. The molecular formula is C10H18OS. The van der Waals surface area contributed by atoms with Gasteiger partial charge in [0.15, 0.2) is 5.12 Å². The summed E-state index contributed by atoms with van der Waals surface area (Å²) in [6.45, 7) is 7.82. The summed E-state index contributed by atoms with van der Waals surface area (Å²) in [5, 5.41) is 0.279. The van der Waals surface area contributed by atoms with Gasteiger partial charge in [-0.25, -0.2) is 0 Å². The summed E-state index contributed by atoms with van der Waals surface area (Å²) >= 11 is 1.40. The quantitative estimate of drug-likeness (QED) is 0.592. The summed E-state index contributed by atoms with van der Waals surface area (Å²) < 4.78 is 0. The van der Waals surface area contributed by atoms with Gasteiger partial charge in [0.25, 0.3) is 0 Å². The summed E-state index contributed by atoms with van der Waals surface area (Å²) in [7, 11) is 0. The molecule has 0 saturated carbocycles. The number of allylic oxidation sites excluding steroid dienone is 1. The van der Waals surface area contributed by atoms with Crippen LogP contribution in [0.15, 0.2) is 12.7 Å². The van der Waals surface area contributed by atoms with E-state index in [1.165, 1.54) is 11.8 Å². The van der Waals surface area contributed by atoms with Crippen LogP contribution in [0.5, 0.6) is 0 Å². The molecule has 0 bridgehead atoms. The molecule has 0 aromatic carbocycles. The second-order valence-corrected chi connectivity index (χ2v) is 4.00. The minimum Gasteiger partial charge on any atom is -0.287 e. The lowest BCUT2D eigenvalue weighted by molar-refractivity contribution is -0.113. The Morgan fingerprint density at radius 2 is 2.25 bits per heavy atom. The molecule has 0 heterocycles. The number of thioether (sulfide) groups is 1. The van der Waals surface area contributed by atoms with Gasteiger partial charge in [-0.05, 0) is 12.2 Å². The number of hydrogen-bond donors (Lipinski definition) is 0. The Kier molecular flexibility index (Phi) is 7.26. The largest absolute Gasteiger partial charge is 0.287 e. The van der Waals surface area contributed by atoms with Crippen LogP contribution in [0.25, 0.3) is 0 Å². The van der Waals surface area contributed by atoms with Gasteiger partial charge in [0.1, 0.15) is 0 Å². The van der Waals surface area contributed by atoms with E-state index in [1.807, 2.05) is 6.92 Å². The molecule has 0 aliphatic heterocycles. The molecule has 0 aliphatic carbocycles. The molecule has 0 spiro atoms. The molecule has 0 rings (SSSR count). The minimum absolute atomic E-state index is 0.0786. The third kappa shape index (κ3) is 4.60. The fraction of sp³-hybridized carbons (Fsp3) is 0.700. The summed E-state index contributed by atoms with van der Waals surface area (Å²) in [5.41, 5.74) is 0. The van der Waals surface area contributed by atoms with E-state index in [0.717, 1.165) is 25.0 Å². The van der Waals surface area contributed by atoms with E-state index in [2.05, 4.69) is 13.5 Å². The maximum atomic E-state index is 11.4. The Morgan fingerprint density at radius 3 is 2.67 bits per heavy atom. The van der Waals surface area contributed by atoms with E-state index in [-0.39, 0.29) is 11.0 Å². The molecular weight excluding hydrogens is 168 g/mol. The van der Waals surface area contributed by atoms with Crippen LogP contribution in [0.1, 0.15) is 33.1 Å². The Balaban J connectivity index is 3.79. The molecule has 0 saturated heterocycles. The van der Waals surface area contributed by atoms with Crippen molar-refractivity contribution in [3.8, 4) is 0 Å². The van der Waals surface area contributed by atoms with Gasteiger partial charge in [-0.15, -0.1) is 6.58 Å². The molecule has 70 valence electrons. The van der Waals surface area contributed by atoms with Gasteiger partial charge >= 0.3 is 0 Å². The SMILES string of the molecule is C=CC(CCCC)C(=O)SCC. The first-order valence-corrected chi connectivity index (χ1v) is 5.54. The van der Waals surface area contributed by atoms with E-state index in [0.29, 0.717) is 0 Å². The van der Waals surface area contributed by atoms with Gasteiger partial charge in [-0.2, -0.15) is 0 Å². The van der Waals surface area contributed by atoms with Crippen LogP contribution in [-0.4, -0.2) is 10.9 Å². The van der Waals surface area contributed by atoms with E-state index < -0.39 is 0 Å². The van der Waals surface area contributed by atoms with Crippen LogP contribution >= 0.6 is 11.8 Å². The summed E-state index contributed by atoms with van der Waals surface area (Å²) in [4.78, 5) is 11.4. The van der Waals surface area contributed by atoms with Gasteiger partial charge in [-0.3, -0.25) is 4.79 Å². The van der Waals surface area contributed by atoms with Crippen molar-refractivity contribution in [3.63, 3.8) is 0 Å². The van der Waals surface area contributed by atoms with E-state index >= 15 is 0 Å². The lowest BCUT2D eigenvalue weighted by Gasteiger charge is -2.08. The fourth-order valence-electron chi connectivity index (χ4n) is 1.01. The van der Waals surface area contributed by atoms with Crippen molar-refractivity contribution < 1.29 is 4.79 Å². The molecule has 2 heteroatoms. The van der Waals surface area contributed by atoms with Crippen molar-refractivity contribution in [2.24, 2.45) is 5.92 Å². The molecule has 1 unspecified atom stereocenters. The van der Waals surface area contributed by atoms with Gasteiger partial charge in [0, 0.05) is 5.92 Å². The smallest absolute Gasteiger partial charge is 0.195 e. The lowest BCUT2D eigenvalue weighted by atomic mass is 10.0. The number of carbonyl (C=O) groups excluding carboxylic acids is 1. The number of carbonyl (C=O) groups is 1. The first-order chi connectivity index (χ1) is 5.76. The molecule has 0 aromatic rings. The Morgan fingerprint density at radius 1 is 1.58 bits per heavy atom. The average molecular weight is 186 g/mol. The van der Waals surface area contributed by atoms with Crippen LogP contribution in [0.2, 0.25) is 0 Å². The van der Waals surface area contributed by atoms with Crippen molar-refractivity contribution in [3.05, 3.63) is 12.7 Å². The maximum Gasteiger partial charge on any atom is 0.195 e. The highest BCUT2D eigenvalue weighted by Crippen LogP contribution is 2.17. The standard InChI is InChI=1S/C10H18OS/c1-4-7-8-9(5-2)10(11)12-6-3/h5,9H,2,4,6-8H2,1,3H3. The molecule has 0 amide bonds. The number of unbranched alkanes of at least 4 members (excludes halogenated alkanes) is 1. The highest BCUT2D eigenvalue weighted by atomic mass is 32.2. The average Bonchev–Trinajstić information content (AvgIpc) is 2.06. The fourth-order valence-corrected chi connectivity index (χ4v) is 1.72. The number of rotatable bonds is 6. The van der Waals surface area contributed by atoms with E-state index in [9.17, 15) is 4.79 Å². The predicted octanol–water partition coefficient (Wildman–Crippen LogP) is 3.26. The highest BCUT2D eigenvalue weighted by Gasteiger charge is 2.13. The second kappa shape index (κ2) is 7.41. The first-order valence-electron chi connectivity index (χ1n) is 4.55. The van der Waals surface area contributed by atoms with Crippen LogP contribution < -0.4 is 0 Å². The van der Waals surface area contributed by atoms with Crippen LogP contribution in [0.4, 0.5) is 0 Å². The Labute approximate surface area is 79.6 Å². The summed E-state index contributed by atoms with van der Waals surface area (Å²) in [5.74, 6) is 0.949.